The van der Waals surface area contributed by atoms with Crippen molar-refractivity contribution >= 4 is 6.09 Å². The van der Waals surface area contributed by atoms with E-state index in [9.17, 15) is 4.79 Å². The summed E-state index contributed by atoms with van der Waals surface area (Å²) < 4.78 is 5.04. The molecule has 0 fully saturated rings. The minimum Gasteiger partial charge on any atom is -0.450 e. The fourth-order valence-electron chi connectivity index (χ4n) is 2.71. The van der Waals surface area contributed by atoms with Crippen molar-refractivity contribution in [2.24, 2.45) is 0 Å². The normalized spacial score (nSPS) is 12.7. The third-order valence-corrected chi connectivity index (χ3v) is 4.37. The largest absolute Gasteiger partial charge is 0.450 e. The van der Waals surface area contributed by atoms with Crippen LogP contribution in [0.15, 0.2) is 24.3 Å². The number of amides is 1. The summed E-state index contributed by atoms with van der Waals surface area (Å²) in [5, 5.41) is 11.6. The number of hydrogen-bond acceptors (Lipinski definition) is 3. The molecule has 0 spiro atoms. The van der Waals surface area contributed by atoms with E-state index in [2.05, 4.69) is 36.5 Å². The maximum atomic E-state index is 11.3. The van der Waals surface area contributed by atoms with Crippen molar-refractivity contribution in [1.82, 2.24) is 5.32 Å². The second-order valence-electron chi connectivity index (χ2n) is 7.30. The molecule has 0 aliphatic heterocycles. The zero-order valence-corrected chi connectivity index (χ0v) is 17.8. The van der Waals surface area contributed by atoms with Crippen LogP contribution in [0.4, 0.5) is 4.79 Å². The predicted octanol–water partition coefficient (Wildman–Crippen LogP) is 6.30. The van der Waals surface area contributed by atoms with E-state index in [4.69, 9.17) is 9.84 Å². The summed E-state index contributed by atoms with van der Waals surface area (Å²) in [5.41, 5.74) is 0. The maximum Gasteiger partial charge on any atom is 0.407 e. The highest BCUT2D eigenvalue weighted by atomic mass is 16.5. The molecule has 0 aromatic heterocycles. The molecule has 4 nitrogen and oxygen atoms in total. The van der Waals surface area contributed by atoms with Gasteiger partial charge in [-0.3, -0.25) is 0 Å². The number of ether oxygens (including phenoxy) is 1. The Morgan fingerprint density at radius 2 is 1.44 bits per heavy atom. The lowest BCUT2D eigenvalue weighted by molar-refractivity contribution is 0.133. The third-order valence-electron chi connectivity index (χ3n) is 4.37. The third kappa shape index (κ3) is 22.7. The lowest BCUT2D eigenvalue weighted by Crippen LogP contribution is -2.31. The summed E-state index contributed by atoms with van der Waals surface area (Å²) in [6.07, 6.45) is 24.0. The molecule has 0 saturated carbocycles. The summed E-state index contributed by atoms with van der Waals surface area (Å²) in [5.74, 6) is 0. The Morgan fingerprint density at radius 3 is 2.04 bits per heavy atom. The Balaban J connectivity index is 3.22. The molecule has 4 heteroatoms. The topological polar surface area (TPSA) is 58.6 Å². The first kappa shape index (κ1) is 25.7. The van der Waals surface area contributed by atoms with E-state index < -0.39 is 12.2 Å². The first-order valence-corrected chi connectivity index (χ1v) is 11.1. The van der Waals surface area contributed by atoms with Gasteiger partial charge in [0.25, 0.3) is 0 Å². The number of aliphatic hydroxyl groups is 1. The number of hydrogen-bond donors (Lipinski definition) is 2. The van der Waals surface area contributed by atoms with Crippen LogP contribution >= 0.6 is 0 Å². The van der Waals surface area contributed by atoms with Crippen LogP contribution in [-0.4, -0.2) is 30.5 Å². The van der Waals surface area contributed by atoms with Crippen molar-refractivity contribution in [3.63, 3.8) is 0 Å². The van der Waals surface area contributed by atoms with Gasteiger partial charge in [0.15, 0.2) is 0 Å². The number of unbranched alkanes of at least 4 members (excludes halogenated alkanes) is 10. The highest BCUT2D eigenvalue weighted by molar-refractivity contribution is 5.67. The molecule has 0 aromatic carbocycles. The average molecular weight is 382 g/mol. The van der Waals surface area contributed by atoms with Gasteiger partial charge in [-0.25, -0.2) is 4.79 Å². The highest BCUT2D eigenvalue weighted by Gasteiger charge is 2.02. The molecule has 1 atom stereocenters. The van der Waals surface area contributed by atoms with E-state index in [-0.39, 0.29) is 6.54 Å². The first-order valence-electron chi connectivity index (χ1n) is 11.1. The van der Waals surface area contributed by atoms with Crippen LogP contribution in [0.25, 0.3) is 0 Å². The van der Waals surface area contributed by atoms with Gasteiger partial charge in [-0.05, 0) is 45.4 Å². The molecular formula is C23H43NO3. The summed E-state index contributed by atoms with van der Waals surface area (Å²) in [4.78, 5) is 11.3. The van der Waals surface area contributed by atoms with E-state index in [1.54, 1.807) is 6.92 Å². The lowest BCUT2D eigenvalue weighted by atomic mass is 10.1. The van der Waals surface area contributed by atoms with Crippen molar-refractivity contribution in [3.8, 4) is 0 Å². The zero-order chi connectivity index (χ0) is 20.0. The van der Waals surface area contributed by atoms with E-state index in [1.165, 1.54) is 64.2 Å². The van der Waals surface area contributed by atoms with Crippen LogP contribution in [0, 0.1) is 0 Å². The van der Waals surface area contributed by atoms with Crippen LogP contribution in [0.3, 0.4) is 0 Å². The molecule has 0 aliphatic carbocycles. The van der Waals surface area contributed by atoms with E-state index in [0.29, 0.717) is 6.61 Å². The number of carbonyl (C=O) groups excluding carboxylic acids is 1. The SMILES string of the molecule is CCCCC/C=C\C/C=C\CCCCCCCCCOC(=O)NC[C@H](C)O. The molecule has 2 N–H and O–H groups in total. The Labute approximate surface area is 167 Å². The first-order chi connectivity index (χ1) is 13.2. The molecule has 0 aliphatic rings. The number of alkyl carbamates (subject to hydrolysis) is 1. The van der Waals surface area contributed by atoms with E-state index in [0.717, 1.165) is 19.3 Å². The zero-order valence-electron chi connectivity index (χ0n) is 17.8. The monoisotopic (exact) mass is 381 g/mol. The molecule has 27 heavy (non-hydrogen) atoms. The van der Waals surface area contributed by atoms with Gasteiger partial charge >= 0.3 is 6.09 Å². The van der Waals surface area contributed by atoms with Gasteiger partial charge in [0, 0.05) is 6.54 Å². The summed E-state index contributed by atoms with van der Waals surface area (Å²) in [6, 6.07) is 0. The number of aliphatic hydroxyl groups excluding tert-OH is 1. The van der Waals surface area contributed by atoms with Crippen molar-refractivity contribution in [2.75, 3.05) is 13.2 Å². The van der Waals surface area contributed by atoms with E-state index >= 15 is 0 Å². The minimum absolute atomic E-state index is 0.240. The van der Waals surface area contributed by atoms with Crippen LogP contribution in [0.2, 0.25) is 0 Å². The fraction of sp³-hybridized carbons (Fsp3) is 0.783. The van der Waals surface area contributed by atoms with E-state index in [1.807, 2.05) is 0 Å². The van der Waals surface area contributed by atoms with Crippen LogP contribution in [-0.2, 0) is 4.74 Å². The van der Waals surface area contributed by atoms with Crippen LogP contribution in [0.5, 0.6) is 0 Å². The summed E-state index contributed by atoms with van der Waals surface area (Å²) in [7, 11) is 0. The number of nitrogens with one attached hydrogen (secondary N) is 1. The molecule has 0 saturated heterocycles. The number of rotatable bonds is 18. The van der Waals surface area contributed by atoms with Gasteiger partial charge in [-0.1, -0.05) is 76.2 Å². The summed E-state index contributed by atoms with van der Waals surface area (Å²) >= 11 is 0. The quantitative estimate of drug-likeness (QED) is 0.216. The second-order valence-corrected chi connectivity index (χ2v) is 7.30. The van der Waals surface area contributed by atoms with Crippen molar-refractivity contribution in [3.05, 3.63) is 24.3 Å². The molecule has 0 heterocycles. The molecule has 0 radical (unpaired) electrons. The number of carbonyl (C=O) groups is 1. The Hall–Kier alpha value is -1.29. The fourth-order valence-corrected chi connectivity index (χ4v) is 2.71. The van der Waals surface area contributed by atoms with Crippen LogP contribution in [0.1, 0.15) is 97.3 Å². The van der Waals surface area contributed by atoms with Gasteiger partial charge < -0.3 is 15.2 Å². The molecular weight excluding hydrogens is 338 g/mol. The average Bonchev–Trinajstić information content (AvgIpc) is 2.65. The molecule has 0 bridgehead atoms. The van der Waals surface area contributed by atoms with Gasteiger partial charge in [-0.2, -0.15) is 0 Å². The standard InChI is InChI=1S/C23H43NO3/c1-3-4-5-6-7-8-9-10-11-12-13-14-15-16-17-18-19-20-27-23(26)24-21-22(2)25/h7-8,10-11,22,25H,3-6,9,12-21H2,1-2H3,(H,24,26)/b8-7-,11-10-/t22-/m0/s1. The molecule has 158 valence electrons. The maximum absolute atomic E-state index is 11.3. The van der Waals surface area contributed by atoms with Crippen molar-refractivity contribution in [2.45, 2.75) is 103 Å². The smallest absolute Gasteiger partial charge is 0.407 e. The lowest BCUT2D eigenvalue weighted by Gasteiger charge is -2.08. The highest BCUT2D eigenvalue weighted by Crippen LogP contribution is 2.09. The van der Waals surface area contributed by atoms with Crippen molar-refractivity contribution < 1.29 is 14.6 Å². The van der Waals surface area contributed by atoms with Gasteiger partial charge in [0.2, 0.25) is 0 Å². The summed E-state index contributed by atoms with van der Waals surface area (Å²) in [6.45, 7) is 4.57. The van der Waals surface area contributed by atoms with Gasteiger partial charge in [0.05, 0.1) is 12.7 Å². The second kappa shape index (κ2) is 21.0. The Kier molecular flexibility index (Phi) is 20.0. The molecule has 1 amide bonds. The number of allylic oxidation sites excluding steroid dienone is 4. The molecule has 0 aromatic rings. The minimum atomic E-state index is -0.537. The molecule has 0 unspecified atom stereocenters. The van der Waals surface area contributed by atoms with Gasteiger partial charge in [-0.15, -0.1) is 0 Å². The Morgan fingerprint density at radius 1 is 0.889 bits per heavy atom. The molecule has 0 rings (SSSR count). The Bertz CT molecular complexity index is 378. The predicted molar refractivity (Wildman–Crippen MR) is 115 cm³/mol. The van der Waals surface area contributed by atoms with Gasteiger partial charge in [0.1, 0.15) is 0 Å². The van der Waals surface area contributed by atoms with Crippen molar-refractivity contribution in [1.29, 1.82) is 0 Å². The van der Waals surface area contributed by atoms with Crippen LogP contribution < -0.4 is 5.32 Å².